The van der Waals surface area contributed by atoms with Crippen molar-refractivity contribution < 1.29 is 29.0 Å². The van der Waals surface area contributed by atoms with E-state index in [2.05, 4.69) is 27.5 Å². The Morgan fingerprint density at radius 1 is 1.18 bits per heavy atom. The molecule has 14 nitrogen and oxygen atoms in total. The first-order chi connectivity index (χ1) is 23.7. The van der Waals surface area contributed by atoms with Crippen LogP contribution < -0.4 is 20.7 Å². The van der Waals surface area contributed by atoms with Crippen LogP contribution in [0.1, 0.15) is 51.0 Å². The third-order valence-corrected chi connectivity index (χ3v) is 10.1. The molecule has 2 aromatic heterocycles. The summed E-state index contributed by atoms with van der Waals surface area (Å²) < 4.78 is 5.32. The van der Waals surface area contributed by atoms with Crippen molar-refractivity contribution in [3.63, 3.8) is 0 Å². The van der Waals surface area contributed by atoms with Gasteiger partial charge in [-0.25, -0.2) is 14.6 Å². The minimum absolute atomic E-state index is 0.0703. The molecule has 1 aliphatic carbocycles. The Bertz CT molecular complexity index is 1720. The molecule has 3 aliphatic rings. The number of thiazole rings is 1. The Morgan fingerprint density at radius 2 is 1.98 bits per heavy atom. The van der Waals surface area contributed by atoms with Crippen molar-refractivity contribution in [3.05, 3.63) is 60.6 Å². The lowest BCUT2D eigenvalue weighted by atomic mass is 10.0. The number of hydrogen-bond donors (Lipinski definition) is 4. The molecule has 15 heteroatoms. The fourth-order valence-corrected chi connectivity index (χ4v) is 7.15. The molecule has 0 radical (unpaired) electrons. The molecule has 258 valence electrons. The van der Waals surface area contributed by atoms with Crippen LogP contribution in [0.25, 0.3) is 22.0 Å². The first-order valence-corrected chi connectivity index (χ1v) is 17.3. The van der Waals surface area contributed by atoms with Crippen molar-refractivity contribution in [1.29, 1.82) is 0 Å². The van der Waals surface area contributed by atoms with E-state index in [0.717, 1.165) is 24.8 Å². The maximum Gasteiger partial charge on any atom is 0.330 e. The molecule has 49 heavy (non-hydrogen) atoms. The van der Waals surface area contributed by atoms with Crippen LogP contribution in [0.3, 0.4) is 0 Å². The zero-order valence-corrected chi connectivity index (χ0v) is 28.0. The lowest BCUT2D eigenvalue weighted by Crippen LogP contribution is -2.57. The highest BCUT2D eigenvalue weighted by Crippen LogP contribution is 2.45. The van der Waals surface area contributed by atoms with E-state index in [0.29, 0.717) is 35.0 Å². The normalized spacial score (nSPS) is 26.3. The number of aromatic nitrogens is 4. The summed E-state index contributed by atoms with van der Waals surface area (Å²) in [4.78, 5) is 61.0. The highest BCUT2D eigenvalue weighted by atomic mass is 32.1. The summed E-state index contributed by atoms with van der Waals surface area (Å²) in [6.07, 6.45) is 10.9. The van der Waals surface area contributed by atoms with Gasteiger partial charge in [0, 0.05) is 42.6 Å². The van der Waals surface area contributed by atoms with E-state index in [1.165, 1.54) is 27.1 Å². The fraction of sp³-hybridized carbons (Fsp3) is 0.441. The highest BCUT2D eigenvalue weighted by Gasteiger charge is 2.61. The minimum Gasteiger partial charge on any atom is -0.497 e. The van der Waals surface area contributed by atoms with Crippen molar-refractivity contribution in [2.75, 3.05) is 20.2 Å². The van der Waals surface area contributed by atoms with Gasteiger partial charge in [-0.2, -0.15) is 9.90 Å². The van der Waals surface area contributed by atoms with Crippen molar-refractivity contribution in [2.45, 2.75) is 68.6 Å². The molecule has 2 fully saturated rings. The SMILES string of the molecule is C=CCNC(=O)NC1CCCCC/C=C\C2CC2(C(=O)O)NC(=O)C2C[C@@H](n3nc(-c4ccc(OC)cc4)c(-c4nccs4)n3)CN2C1=O. The van der Waals surface area contributed by atoms with Crippen LogP contribution in [0.2, 0.25) is 0 Å². The van der Waals surface area contributed by atoms with Crippen LogP contribution in [0, 0.1) is 5.92 Å². The van der Waals surface area contributed by atoms with E-state index in [9.17, 15) is 24.3 Å². The summed E-state index contributed by atoms with van der Waals surface area (Å²) in [6, 6.07) is 4.41. The number of aliphatic carboxylic acids is 1. The van der Waals surface area contributed by atoms with Crippen LogP contribution in [-0.2, 0) is 14.4 Å². The van der Waals surface area contributed by atoms with Gasteiger partial charge in [-0.05, 0) is 49.9 Å². The Kier molecular flexibility index (Phi) is 10.1. The van der Waals surface area contributed by atoms with Crippen LogP contribution in [0.15, 0.2) is 60.6 Å². The summed E-state index contributed by atoms with van der Waals surface area (Å²) >= 11 is 1.41. The van der Waals surface area contributed by atoms with Crippen molar-refractivity contribution >= 4 is 35.2 Å². The second-order valence-electron chi connectivity index (χ2n) is 12.5. The predicted octanol–water partition coefficient (Wildman–Crippen LogP) is 3.55. The van der Waals surface area contributed by atoms with Gasteiger partial charge in [0.1, 0.15) is 39.8 Å². The Hall–Kier alpha value is -5.05. The van der Waals surface area contributed by atoms with E-state index in [1.807, 2.05) is 41.8 Å². The lowest BCUT2D eigenvalue weighted by molar-refractivity contribution is -0.145. The molecular formula is C34H40N8O6S. The smallest absolute Gasteiger partial charge is 0.330 e. The average Bonchev–Trinajstić information content (AvgIpc) is 3.55. The van der Waals surface area contributed by atoms with E-state index in [4.69, 9.17) is 14.9 Å². The lowest BCUT2D eigenvalue weighted by Gasteiger charge is -2.29. The monoisotopic (exact) mass is 688 g/mol. The number of amides is 4. The summed E-state index contributed by atoms with van der Waals surface area (Å²) in [5.41, 5.74) is 0.474. The number of methoxy groups -OCH3 is 1. The number of carboxylic acid groups (broad SMARTS) is 1. The number of carboxylic acids is 1. The Balaban J connectivity index is 1.35. The number of carbonyl (C=O) groups excluding carboxylic acids is 3. The molecule has 4 heterocycles. The molecule has 1 saturated carbocycles. The highest BCUT2D eigenvalue weighted by molar-refractivity contribution is 7.13. The Labute approximate surface area is 287 Å². The van der Waals surface area contributed by atoms with Gasteiger partial charge in [0.15, 0.2) is 0 Å². The second kappa shape index (κ2) is 14.6. The fourth-order valence-electron chi connectivity index (χ4n) is 6.53. The molecule has 3 aromatic rings. The molecule has 0 bridgehead atoms. The van der Waals surface area contributed by atoms with Gasteiger partial charge < -0.3 is 30.7 Å². The number of hydrogen-bond acceptors (Lipinski definition) is 9. The number of urea groups is 1. The largest absolute Gasteiger partial charge is 0.497 e. The topological polar surface area (TPSA) is 181 Å². The van der Waals surface area contributed by atoms with E-state index >= 15 is 0 Å². The molecule has 4 amide bonds. The number of benzene rings is 1. The molecule has 4 N–H and O–H groups in total. The Morgan fingerprint density at radius 3 is 2.69 bits per heavy atom. The van der Waals surface area contributed by atoms with Gasteiger partial charge in [-0.15, -0.1) is 23.0 Å². The quantitative estimate of drug-likeness (QED) is 0.258. The summed E-state index contributed by atoms with van der Waals surface area (Å²) in [5.74, 6) is -1.77. The van der Waals surface area contributed by atoms with Gasteiger partial charge in [0.2, 0.25) is 11.8 Å². The van der Waals surface area contributed by atoms with Gasteiger partial charge in [0.05, 0.1) is 13.2 Å². The van der Waals surface area contributed by atoms with Gasteiger partial charge >= 0.3 is 12.0 Å². The van der Waals surface area contributed by atoms with Crippen LogP contribution in [0.5, 0.6) is 5.75 Å². The molecule has 4 unspecified atom stereocenters. The molecule has 1 saturated heterocycles. The van der Waals surface area contributed by atoms with E-state index < -0.39 is 47.5 Å². The third-order valence-electron chi connectivity index (χ3n) is 9.30. The standard InChI is InChI=1S/C34H40N8O6S/c1-3-15-36-33(47)37-25-10-8-6-4-5-7-9-22-19-34(22,32(45)46)38-29(43)26-18-23(20-41(26)31(25)44)42-39-27(21-11-13-24(48-2)14-12-21)28(40-42)30-35-16-17-49-30/h3,7,9,11-14,16-17,22-23,25-26H,1,4-6,8,10,15,18-20H2,2H3,(H,38,43)(H,45,46)(H2,36,37,47)/b9-7-/t22?,23-,25?,26?,34?/m1/s1. The number of ether oxygens (including phenoxy) is 1. The summed E-state index contributed by atoms with van der Waals surface area (Å²) in [7, 11) is 1.59. The number of allylic oxidation sites excluding steroid dienone is 1. The maximum absolute atomic E-state index is 14.3. The molecule has 0 spiro atoms. The number of nitrogens with zero attached hydrogens (tertiary/aromatic N) is 5. The average molecular weight is 689 g/mol. The summed E-state index contributed by atoms with van der Waals surface area (Å²) in [6.45, 7) is 3.91. The van der Waals surface area contributed by atoms with Gasteiger partial charge in [0.25, 0.3) is 0 Å². The van der Waals surface area contributed by atoms with Crippen LogP contribution >= 0.6 is 11.3 Å². The number of fused-ring (bicyclic) bond motifs is 2. The van der Waals surface area contributed by atoms with E-state index in [-0.39, 0.29) is 31.8 Å². The maximum atomic E-state index is 14.3. The molecule has 5 atom stereocenters. The van der Waals surface area contributed by atoms with Crippen molar-refractivity contribution in [1.82, 2.24) is 40.8 Å². The molecule has 6 rings (SSSR count). The molecule has 1 aromatic carbocycles. The summed E-state index contributed by atoms with van der Waals surface area (Å²) in [5, 5.41) is 30.6. The first kappa shape index (κ1) is 33.8. The zero-order chi connectivity index (χ0) is 34.5. The zero-order valence-electron chi connectivity index (χ0n) is 27.2. The van der Waals surface area contributed by atoms with Crippen LogP contribution in [-0.4, -0.2) is 91.6 Å². The number of rotatable bonds is 8. The van der Waals surface area contributed by atoms with Gasteiger partial charge in [-0.1, -0.05) is 31.1 Å². The third kappa shape index (κ3) is 7.21. The second-order valence-corrected chi connectivity index (χ2v) is 13.4. The number of nitrogens with one attached hydrogen (secondary N) is 3. The molecular weight excluding hydrogens is 648 g/mol. The first-order valence-electron chi connectivity index (χ1n) is 16.4. The number of carbonyl (C=O) groups is 4. The van der Waals surface area contributed by atoms with Crippen molar-refractivity contribution in [3.8, 4) is 27.7 Å². The van der Waals surface area contributed by atoms with Crippen molar-refractivity contribution in [2.24, 2.45) is 5.92 Å². The van der Waals surface area contributed by atoms with Gasteiger partial charge in [-0.3, -0.25) is 9.59 Å². The minimum atomic E-state index is -1.44. The molecule has 2 aliphatic heterocycles. The van der Waals surface area contributed by atoms with E-state index in [1.54, 1.807) is 13.3 Å². The van der Waals surface area contributed by atoms with Crippen LogP contribution in [0.4, 0.5) is 4.79 Å². The predicted molar refractivity (Wildman–Crippen MR) is 182 cm³/mol.